The van der Waals surface area contributed by atoms with Gasteiger partial charge < -0.3 is 20.2 Å². The van der Waals surface area contributed by atoms with Crippen LogP contribution in [0, 0.1) is 5.41 Å². The lowest BCUT2D eigenvalue weighted by molar-refractivity contribution is 0.369. The summed E-state index contributed by atoms with van der Waals surface area (Å²) in [6.07, 6.45) is 7.26. The topological polar surface area (TPSA) is 80.1 Å². The monoisotopic (exact) mass is 410 g/mol. The Hall–Kier alpha value is -4.19. The van der Waals surface area contributed by atoms with Crippen molar-refractivity contribution in [2.45, 2.75) is 0 Å². The van der Waals surface area contributed by atoms with Crippen LogP contribution in [0.25, 0.3) is 11.3 Å². The minimum absolute atomic E-state index is 0.383. The number of aromatic nitrogens is 2. The minimum Gasteiger partial charge on any atom is -0.497 e. The van der Waals surface area contributed by atoms with E-state index in [0.29, 0.717) is 23.0 Å². The van der Waals surface area contributed by atoms with E-state index in [2.05, 4.69) is 15.3 Å². The summed E-state index contributed by atoms with van der Waals surface area (Å²) in [7, 11) is 3.25. The van der Waals surface area contributed by atoms with E-state index in [9.17, 15) is 0 Å². The Morgan fingerprint density at radius 2 is 1.81 bits per heavy atom. The molecule has 0 spiro atoms. The SMILES string of the molecule is CO/C(=C1/C=C(c2ccnc(Nc3cccc(OC)c3)n2)C=CC1=N)c1ccccc1. The first-order chi connectivity index (χ1) is 15.2. The summed E-state index contributed by atoms with van der Waals surface area (Å²) in [5.74, 6) is 1.87. The molecule has 1 heterocycles. The highest BCUT2D eigenvalue weighted by atomic mass is 16.5. The average Bonchev–Trinajstić information content (AvgIpc) is 2.82. The summed E-state index contributed by atoms with van der Waals surface area (Å²) in [4.78, 5) is 8.97. The first-order valence-corrected chi connectivity index (χ1v) is 9.75. The Bertz CT molecular complexity index is 1200. The maximum atomic E-state index is 8.38. The first-order valence-electron chi connectivity index (χ1n) is 9.75. The summed E-state index contributed by atoms with van der Waals surface area (Å²) in [6.45, 7) is 0. The molecule has 6 heteroatoms. The van der Waals surface area contributed by atoms with Crippen LogP contribution in [-0.2, 0) is 4.74 Å². The molecule has 0 radical (unpaired) electrons. The number of benzene rings is 2. The third-order valence-corrected chi connectivity index (χ3v) is 4.78. The highest BCUT2D eigenvalue weighted by Crippen LogP contribution is 2.29. The van der Waals surface area contributed by atoms with Gasteiger partial charge in [-0.1, -0.05) is 42.5 Å². The van der Waals surface area contributed by atoms with Gasteiger partial charge in [0.05, 0.1) is 25.6 Å². The van der Waals surface area contributed by atoms with Crippen molar-refractivity contribution in [1.29, 1.82) is 5.41 Å². The van der Waals surface area contributed by atoms with Gasteiger partial charge in [0.1, 0.15) is 11.5 Å². The number of nitrogens with one attached hydrogen (secondary N) is 2. The summed E-state index contributed by atoms with van der Waals surface area (Å²) >= 11 is 0. The predicted molar refractivity (Wildman–Crippen MR) is 124 cm³/mol. The van der Waals surface area contributed by atoms with E-state index in [0.717, 1.165) is 28.3 Å². The number of nitrogens with zero attached hydrogens (tertiary/aromatic N) is 2. The van der Waals surface area contributed by atoms with Crippen LogP contribution in [0.15, 0.2) is 90.7 Å². The quantitative estimate of drug-likeness (QED) is 0.542. The van der Waals surface area contributed by atoms with Gasteiger partial charge in [-0.3, -0.25) is 0 Å². The molecule has 1 aromatic heterocycles. The van der Waals surface area contributed by atoms with E-state index in [-0.39, 0.29) is 0 Å². The van der Waals surface area contributed by atoms with E-state index >= 15 is 0 Å². The van der Waals surface area contributed by atoms with Crippen LogP contribution < -0.4 is 10.1 Å². The molecule has 0 unspecified atom stereocenters. The Labute approximate surface area is 181 Å². The molecule has 2 aromatic carbocycles. The standard InChI is InChI=1S/C25H22N4O2/c1-30-20-10-6-9-19(16-20)28-25-27-14-13-23(29-25)18-11-12-22(26)21(15-18)24(31-2)17-7-4-3-5-8-17/h3-16,26H,1-2H3,(H,27,28,29)/b24-21-,26-22?. The number of rotatable bonds is 6. The molecule has 1 aliphatic rings. The number of anilines is 2. The van der Waals surface area contributed by atoms with Crippen molar-refractivity contribution < 1.29 is 9.47 Å². The van der Waals surface area contributed by atoms with E-state index < -0.39 is 0 Å². The van der Waals surface area contributed by atoms with Gasteiger partial charge in [0.15, 0.2) is 0 Å². The van der Waals surface area contributed by atoms with Crippen LogP contribution in [0.3, 0.4) is 0 Å². The van der Waals surface area contributed by atoms with Crippen LogP contribution in [-0.4, -0.2) is 29.9 Å². The molecule has 1 aliphatic carbocycles. The zero-order valence-electron chi connectivity index (χ0n) is 17.3. The zero-order chi connectivity index (χ0) is 21.6. The first kappa shape index (κ1) is 20.1. The molecule has 2 N–H and O–H groups in total. The molecule has 0 saturated heterocycles. The smallest absolute Gasteiger partial charge is 0.227 e. The van der Waals surface area contributed by atoms with Crippen LogP contribution in [0.4, 0.5) is 11.6 Å². The van der Waals surface area contributed by atoms with Crippen LogP contribution in [0.5, 0.6) is 5.75 Å². The van der Waals surface area contributed by atoms with Crippen molar-refractivity contribution in [3.63, 3.8) is 0 Å². The summed E-state index contributed by atoms with van der Waals surface area (Å²) in [6, 6.07) is 19.2. The van der Waals surface area contributed by atoms with E-state index in [1.165, 1.54) is 0 Å². The summed E-state index contributed by atoms with van der Waals surface area (Å²) in [5, 5.41) is 11.6. The average molecular weight is 410 g/mol. The molecule has 0 bridgehead atoms. The van der Waals surface area contributed by atoms with Gasteiger partial charge in [0, 0.05) is 34.7 Å². The molecule has 4 rings (SSSR count). The van der Waals surface area contributed by atoms with Gasteiger partial charge in [0.25, 0.3) is 0 Å². The van der Waals surface area contributed by atoms with E-state index in [4.69, 9.17) is 14.9 Å². The lowest BCUT2D eigenvalue weighted by atomic mass is 9.95. The third-order valence-electron chi connectivity index (χ3n) is 4.78. The zero-order valence-corrected chi connectivity index (χ0v) is 17.3. The van der Waals surface area contributed by atoms with Gasteiger partial charge in [-0.05, 0) is 30.4 Å². The molecule has 3 aromatic rings. The molecular formula is C25H22N4O2. The molecule has 154 valence electrons. The Morgan fingerprint density at radius 3 is 2.58 bits per heavy atom. The van der Waals surface area contributed by atoms with Crippen molar-refractivity contribution in [3.8, 4) is 5.75 Å². The van der Waals surface area contributed by atoms with Crippen molar-refractivity contribution in [3.05, 3.63) is 102 Å². The molecule has 31 heavy (non-hydrogen) atoms. The predicted octanol–water partition coefficient (Wildman–Crippen LogP) is 5.26. The van der Waals surface area contributed by atoms with Crippen LogP contribution >= 0.6 is 0 Å². The van der Waals surface area contributed by atoms with Crippen LogP contribution in [0.2, 0.25) is 0 Å². The van der Waals surface area contributed by atoms with Gasteiger partial charge >= 0.3 is 0 Å². The van der Waals surface area contributed by atoms with Gasteiger partial charge in [-0.15, -0.1) is 0 Å². The molecule has 0 aliphatic heterocycles. The number of hydrogen-bond acceptors (Lipinski definition) is 6. The lowest BCUT2D eigenvalue weighted by Crippen LogP contribution is -2.07. The number of ether oxygens (including phenoxy) is 2. The van der Waals surface area contributed by atoms with E-state index in [1.54, 1.807) is 26.5 Å². The Morgan fingerprint density at radius 1 is 0.968 bits per heavy atom. The third kappa shape index (κ3) is 4.53. The number of hydrogen-bond donors (Lipinski definition) is 2. The van der Waals surface area contributed by atoms with Gasteiger partial charge in [-0.25, -0.2) is 9.97 Å². The van der Waals surface area contributed by atoms with E-state index in [1.807, 2.05) is 72.8 Å². The highest BCUT2D eigenvalue weighted by molar-refractivity contribution is 6.16. The Kier molecular flexibility index (Phi) is 5.89. The number of allylic oxidation sites excluding steroid dienone is 5. The fourth-order valence-electron chi connectivity index (χ4n) is 3.27. The normalized spacial score (nSPS) is 14.6. The van der Waals surface area contributed by atoms with Crippen molar-refractivity contribution in [1.82, 2.24) is 9.97 Å². The fourth-order valence-corrected chi connectivity index (χ4v) is 3.27. The maximum absolute atomic E-state index is 8.38. The Balaban J connectivity index is 1.68. The fraction of sp³-hybridized carbons (Fsp3) is 0.0800. The second-order valence-electron chi connectivity index (χ2n) is 6.78. The summed E-state index contributed by atoms with van der Waals surface area (Å²) < 4.78 is 10.9. The second-order valence-corrected chi connectivity index (χ2v) is 6.78. The molecule has 0 fully saturated rings. The van der Waals surface area contributed by atoms with Crippen LogP contribution in [0.1, 0.15) is 11.3 Å². The minimum atomic E-state index is 0.383. The molecular weight excluding hydrogens is 388 g/mol. The second kappa shape index (κ2) is 9.09. The molecule has 0 saturated carbocycles. The summed E-state index contributed by atoms with van der Waals surface area (Å²) in [5.41, 5.74) is 4.44. The molecule has 0 amide bonds. The highest BCUT2D eigenvalue weighted by Gasteiger charge is 2.17. The molecule has 0 atom stereocenters. The largest absolute Gasteiger partial charge is 0.497 e. The van der Waals surface area contributed by atoms with Gasteiger partial charge in [-0.2, -0.15) is 0 Å². The lowest BCUT2D eigenvalue weighted by Gasteiger charge is -2.16. The maximum Gasteiger partial charge on any atom is 0.227 e. The van der Waals surface area contributed by atoms with Crippen molar-refractivity contribution >= 4 is 28.7 Å². The van der Waals surface area contributed by atoms with Gasteiger partial charge in [0.2, 0.25) is 5.95 Å². The van der Waals surface area contributed by atoms with Crippen molar-refractivity contribution in [2.75, 3.05) is 19.5 Å². The van der Waals surface area contributed by atoms with Crippen molar-refractivity contribution in [2.24, 2.45) is 0 Å². The number of methoxy groups -OCH3 is 2. The molecule has 6 nitrogen and oxygen atoms in total.